The maximum atomic E-state index is 12.1. The van der Waals surface area contributed by atoms with E-state index in [0.29, 0.717) is 11.7 Å². The minimum atomic E-state index is -0.00986. The van der Waals surface area contributed by atoms with Crippen molar-refractivity contribution in [2.24, 2.45) is 0 Å². The van der Waals surface area contributed by atoms with Crippen LogP contribution in [0.1, 0.15) is 17.5 Å². The Kier molecular flexibility index (Phi) is 7.50. The van der Waals surface area contributed by atoms with Gasteiger partial charge in [-0.1, -0.05) is 36.0 Å². The molecule has 2 aromatic carbocycles. The van der Waals surface area contributed by atoms with Crippen molar-refractivity contribution in [1.82, 2.24) is 25.5 Å². The molecule has 0 saturated carbocycles. The molecular weight excluding hydrogens is 390 g/mol. The molecule has 0 saturated heterocycles. The lowest BCUT2D eigenvalue weighted by Gasteiger charge is -2.07. The van der Waals surface area contributed by atoms with Gasteiger partial charge in [0.15, 0.2) is 0 Å². The van der Waals surface area contributed by atoms with Gasteiger partial charge in [-0.3, -0.25) is 4.79 Å². The molecule has 0 fully saturated rings. The molecule has 0 aliphatic carbocycles. The summed E-state index contributed by atoms with van der Waals surface area (Å²) < 4.78 is 1.67. The standard InChI is InChI=1S/C20H23N5OS2/c1-15-9-10-17(13-16(15)2)25-20(22-23-24-25)28-14-19(26)21-11-6-12-27-18-7-4-3-5-8-18/h3-5,7-10,13H,6,11-12,14H2,1-2H3,(H,21,26). The predicted molar refractivity (Wildman–Crippen MR) is 114 cm³/mol. The quantitative estimate of drug-likeness (QED) is 0.426. The lowest BCUT2D eigenvalue weighted by Crippen LogP contribution is -2.26. The van der Waals surface area contributed by atoms with Crippen LogP contribution in [0.2, 0.25) is 0 Å². The number of tetrazole rings is 1. The van der Waals surface area contributed by atoms with E-state index in [4.69, 9.17) is 0 Å². The molecule has 1 amide bonds. The number of nitrogens with one attached hydrogen (secondary N) is 1. The third-order valence-electron chi connectivity index (χ3n) is 4.16. The zero-order chi connectivity index (χ0) is 19.8. The Morgan fingerprint density at radius 1 is 1.07 bits per heavy atom. The molecule has 3 aromatic rings. The molecule has 0 radical (unpaired) electrons. The number of rotatable bonds is 9. The smallest absolute Gasteiger partial charge is 0.230 e. The van der Waals surface area contributed by atoms with Crippen molar-refractivity contribution in [2.45, 2.75) is 30.3 Å². The fraction of sp³-hybridized carbons (Fsp3) is 0.300. The fourth-order valence-corrected chi connectivity index (χ4v) is 4.07. The lowest BCUT2D eigenvalue weighted by molar-refractivity contribution is -0.118. The molecule has 0 spiro atoms. The highest BCUT2D eigenvalue weighted by Gasteiger charge is 2.12. The van der Waals surface area contributed by atoms with Gasteiger partial charge in [-0.15, -0.1) is 16.9 Å². The average molecular weight is 414 g/mol. The zero-order valence-electron chi connectivity index (χ0n) is 16.0. The van der Waals surface area contributed by atoms with Crippen LogP contribution in [0.25, 0.3) is 5.69 Å². The molecule has 0 aliphatic rings. The van der Waals surface area contributed by atoms with Gasteiger partial charge in [-0.2, -0.15) is 4.68 Å². The minimum absolute atomic E-state index is 0.00986. The molecule has 0 atom stereocenters. The van der Waals surface area contributed by atoms with Crippen molar-refractivity contribution in [1.29, 1.82) is 0 Å². The van der Waals surface area contributed by atoms with Crippen LogP contribution in [0.15, 0.2) is 58.6 Å². The lowest BCUT2D eigenvalue weighted by atomic mass is 10.1. The van der Waals surface area contributed by atoms with Crippen LogP contribution in [0, 0.1) is 13.8 Å². The zero-order valence-corrected chi connectivity index (χ0v) is 17.6. The summed E-state index contributed by atoms with van der Waals surface area (Å²) in [5.41, 5.74) is 3.29. The second kappa shape index (κ2) is 10.3. The Morgan fingerprint density at radius 3 is 2.68 bits per heavy atom. The maximum Gasteiger partial charge on any atom is 0.230 e. The van der Waals surface area contributed by atoms with E-state index < -0.39 is 0 Å². The number of carbonyl (C=O) groups is 1. The van der Waals surface area contributed by atoms with Gasteiger partial charge in [0.2, 0.25) is 11.1 Å². The van der Waals surface area contributed by atoms with E-state index in [9.17, 15) is 4.79 Å². The number of benzene rings is 2. The first kappa shape index (κ1) is 20.4. The van der Waals surface area contributed by atoms with Gasteiger partial charge in [-0.25, -0.2) is 0 Å². The molecule has 0 unspecified atom stereocenters. The normalized spacial score (nSPS) is 10.8. The largest absolute Gasteiger partial charge is 0.355 e. The van der Waals surface area contributed by atoms with Gasteiger partial charge in [-0.05, 0) is 71.8 Å². The van der Waals surface area contributed by atoms with Crippen LogP contribution in [0.3, 0.4) is 0 Å². The van der Waals surface area contributed by atoms with Crippen molar-refractivity contribution >= 4 is 29.4 Å². The van der Waals surface area contributed by atoms with E-state index in [0.717, 1.165) is 17.9 Å². The van der Waals surface area contributed by atoms with Crippen LogP contribution in [0.4, 0.5) is 0 Å². The molecule has 6 nitrogen and oxygen atoms in total. The van der Waals surface area contributed by atoms with Crippen LogP contribution in [0.5, 0.6) is 0 Å². The second-order valence-electron chi connectivity index (χ2n) is 6.30. The molecule has 0 bridgehead atoms. The number of hydrogen-bond donors (Lipinski definition) is 1. The van der Waals surface area contributed by atoms with E-state index in [-0.39, 0.29) is 11.7 Å². The predicted octanol–water partition coefficient (Wildman–Crippen LogP) is 3.67. The summed E-state index contributed by atoms with van der Waals surface area (Å²) in [6, 6.07) is 16.3. The van der Waals surface area contributed by atoms with Crippen LogP contribution >= 0.6 is 23.5 Å². The Labute approximate surface area is 173 Å². The molecular formula is C20H23N5OS2. The first-order valence-electron chi connectivity index (χ1n) is 9.07. The molecule has 1 aromatic heterocycles. The van der Waals surface area contributed by atoms with Gasteiger partial charge in [0, 0.05) is 11.4 Å². The summed E-state index contributed by atoms with van der Waals surface area (Å²) in [6.45, 7) is 4.79. The summed E-state index contributed by atoms with van der Waals surface area (Å²) >= 11 is 3.14. The number of aryl methyl sites for hydroxylation is 2. The summed E-state index contributed by atoms with van der Waals surface area (Å²) in [6.07, 6.45) is 0.927. The van der Waals surface area contributed by atoms with Crippen LogP contribution in [-0.4, -0.2) is 44.2 Å². The number of amides is 1. The van der Waals surface area contributed by atoms with Gasteiger partial charge >= 0.3 is 0 Å². The number of thioether (sulfide) groups is 2. The Bertz CT molecular complexity index is 914. The number of carbonyl (C=O) groups excluding carboxylic acids is 1. The van der Waals surface area contributed by atoms with Gasteiger partial charge in [0.05, 0.1) is 11.4 Å². The monoisotopic (exact) mass is 413 g/mol. The average Bonchev–Trinajstić information content (AvgIpc) is 3.18. The first-order valence-corrected chi connectivity index (χ1v) is 11.0. The number of aromatic nitrogens is 4. The summed E-state index contributed by atoms with van der Waals surface area (Å²) in [5, 5.41) is 15.4. The van der Waals surface area contributed by atoms with Crippen LogP contribution in [-0.2, 0) is 4.79 Å². The molecule has 8 heteroatoms. The number of hydrogen-bond acceptors (Lipinski definition) is 6. The van der Waals surface area contributed by atoms with Gasteiger partial charge < -0.3 is 5.32 Å². The third-order valence-corrected chi connectivity index (χ3v) is 6.18. The van der Waals surface area contributed by atoms with Crippen molar-refractivity contribution in [3.8, 4) is 5.69 Å². The van der Waals surface area contributed by atoms with Crippen LogP contribution < -0.4 is 5.32 Å². The number of nitrogens with zero attached hydrogens (tertiary/aromatic N) is 4. The molecule has 28 heavy (non-hydrogen) atoms. The van der Waals surface area contributed by atoms with Gasteiger partial charge in [0.25, 0.3) is 0 Å². The van der Waals surface area contributed by atoms with Crippen molar-refractivity contribution in [3.63, 3.8) is 0 Å². The van der Waals surface area contributed by atoms with E-state index >= 15 is 0 Å². The van der Waals surface area contributed by atoms with Crippen molar-refractivity contribution < 1.29 is 4.79 Å². The van der Waals surface area contributed by atoms with E-state index in [2.05, 4.69) is 46.8 Å². The molecule has 146 valence electrons. The van der Waals surface area contributed by atoms with Gasteiger partial charge in [0.1, 0.15) is 0 Å². The second-order valence-corrected chi connectivity index (χ2v) is 8.41. The van der Waals surface area contributed by atoms with E-state index in [1.807, 2.05) is 36.4 Å². The molecule has 0 aliphatic heterocycles. The fourth-order valence-electron chi connectivity index (χ4n) is 2.48. The third kappa shape index (κ3) is 5.84. The Morgan fingerprint density at radius 2 is 1.89 bits per heavy atom. The SMILES string of the molecule is Cc1ccc(-n2nnnc2SCC(=O)NCCCSc2ccccc2)cc1C. The Balaban J connectivity index is 1.41. The summed E-state index contributed by atoms with van der Waals surface area (Å²) in [7, 11) is 0. The summed E-state index contributed by atoms with van der Waals surface area (Å²) in [4.78, 5) is 13.4. The van der Waals surface area contributed by atoms with E-state index in [1.165, 1.54) is 27.8 Å². The summed E-state index contributed by atoms with van der Waals surface area (Å²) in [5.74, 6) is 1.25. The highest BCUT2D eigenvalue weighted by Crippen LogP contribution is 2.20. The maximum absolute atomic E-state index is 12.1. The molecule has 1 heterocycles. The highest BCUT2D eigenvalue weighted by atomic mass is 32.2. The van der Waals surface area contributed by atoms with Crippen molar-refractivity contribution in [3.05, 3.63) is 59.7 Å². The van der Waals surface area contributed by atoms with Crippen molar-refractivity contribution in [2.75, 3.05) is 18.1 Å². The minimum Gasteiger partial charge on any atom is -0.355 e. The topological polar surface area (TPSA) is 72.7 Å². The molecule has 3 rings (SSSR count). The Hall–Kier alpha value is -2.32. The first-order chi connectivity index (χ1) is 13.6. The molecule has 1 N–H and O–H groups in total. The van der Waals surface area contributed by atoms with E-state index in [1.54, 1.807) is 16.4 Å². The highest BCUT2D eigenvalue weighted by molar-refractivity contribution is 7.99.